The molecule has 0 unspecified atom stereocenters. The van der Waals surface area contributed by atoms with Crippen LogP contribution in [0.2, 0.25) is 0 Å². The highest BCUT2D eigenvalue weighted by molar-refractivity contribution is 5.63. The molecule has 1 saturated carbocycles. The topological polar surface area (TPSA) is 0 Å². The van der Waals surface area contributed by atoms with Gasteiger partial charge in [-0.25, -0.2) is 0 Å². The molecule has 1 aliphatic carbocycles. The summed E-state index contributed by atoms with van der Waals surface area (Å²) in [5, 5.41) is 0. The first-order valence-electron chi connectivity index (χ1n) is 7.90. The molecule has 1 radical (unpaired) electrons. The first-order chi connectivity index (χ1) is 9.92. The van der Waals surface area contributed by atoms with Crippen molar-refractivity contribution in [1.29, 1.82) is 0 Å². The quantitative estimate of drug-likeness (QED) is 0.632. The highest BCUT2D eigenvalue weighted by atomic mass is 14.2. The van der Waals surface area contributed by atoms with Gasteiger partial charge in [0.05, 0.1) is 0 Å². The molecular formula is C20H23. The van der Waals surface area contributed by atoms with Crippen LogP contribution in [0.15, 0.2) is 54.6 Å². The first kappa shape index (κ1) is 13.4. The molecule has 0 saturated heterocycles. The second-order valence-corrected chi connectivity index (χ2v) is 5.92. The van der Waals surface area contributed by atoms with Crippen molar-refractivity contribution in [3.63, 3.8) is 0 Å². The van der Waals surface area contributed by atoms with Gasteiger partial charge < -0.3 is 0 Å². The lowest BCUT2D eigenvalue weighted by molar-refractivity contribution is 0.503. The number of hydrogen-bond donors (Lipinski definition) is 0. The Morgan fingerprint density at radius 2 is 1.45 bits per heavy atom. The molecule has 0 nitrogen and oxygen atoms in total. The van der Waals surface area contributed by atoms with Gasteiger partial charge in [-0.15, -0.1) is 0 Å². The van der Waals surface area contributed by atoms with Crippen molar-refractivity contribution < 1.29 is 0 Å². The molecular weight excluding hydrogens is 240 g/mol. The van der Waals surface area contributed by atoms with Gasteiger partial charge in [0.1, 0.15) is 0 Å². The SMILES string of the molecule is [CH](CCC1CCCC1)c1ccc(-c2ccccc2)cc1. The van der Waals surface area contributed by atoms with Crippen LogP contribution in [0.1, 0.15) is 44.1 Å². The van der Waals surface area contributed by atoms with Crippen LogP contribution < -0.4 is 0 Å². The highest BCUT2D eigenvalue weighted by Gasteiger charge is 2.14. The zero-order valence-corrected chi connectivity index (χ0v) is 12.1. The van der Waals surface area contributed by atoms with Crippen LogP contribution >= 0.6 is 0 Å². The molecule has 0 heterocycles. The maximum atomic E-state index is 2.40. The van der Waals surface area contributed by atoms with Crippen molar-refractivity contribution in [3.8, 4) is 11.1 Å². The van der Waals surface area contributed by atoms with Gasteiger partial charge in [-0.3, -0.25) is 0 Å². The molecule has 1 aliphatic rings. The summed E-state index contributed by atoms with van der Waals surface area (Å²) in [6, 6.07) is 19.5. The summed E-state index contributed by atoms with van der Waals surface area (Å²) in [4.78, 5) is 0. The van der Waals surface area contributed by atoms with Crippen molar-refractivity contribution in [2.75, 3.05) is 0 Å². The van der Waals surface area contributed by atoms with E-state index in [1.807, 2.05) is 0 Å². The van der Waals surface area contributed by atoms with Crippen LogP contribution in [0.3, 0.4) is 0 Å². The van der Waals surface area contributed by atoms with E-state index in [1.54, 1.807) is 0 Å². The zero-order chi connectivity index (χ0) is 13.6. The Hall–Kier alpha value is -1.56. The van der Waals surface area contributed by atoms with Gasteiger partial charge in [-0.2, -0.15) is 0 Å². The monoisotopic (exact) mass is 263 g/mol. The molecule has 3 rings (SSSR count). The molecule has 1 fully saturated rings. The van der Waals surface area contributed by atoms with Gasteiger partial charge in [0.25, 0.3) is 0 Å². The molecule has 2 aromatic rings. The predicted molar refractivity (Wildman–Crippen MR) is 86.5 cm³/mol. The van der Waals surface area contributed by atoms with Crippen molar-refractivity contribution in [2.24, 2.45) is 5.92 Å². The molecule has 0 amide bonds. The lowest BCUT2D eigenvalue weighted by Gasteiger charge is -2.08. The predicted octanol–water partition coefficient (Wildman–Crippen LogP) is 5.88. The largest absolute Gasteiger partial charge is 0.0622 e. The molecule has 0 aliphatic heterocycles. The minimum Gasteiger partial charge on any atom is -0.0622 e. The lowest BCUT2D eigenvalue weighted by Crippen LogP contribution is -1.93. The van der Waals surface area contributed by atoms with Crippen molar-refractivity contribution in [2.45, 2.75) is 38.5 Å². The van der Waals surface area contributed by atoms with Crippen LogP contribution in [0.5, 0.6) is 0 Å². The molecule has 0 spiro atoms. The summed E-state index contributed by atoms with van der Waals surface area (Å²) < 4.78 is 0. The molecule has 0 heteroatoms. The van der Waals surface area contributed by atoms with Crippen LogP contribution in [0.25, 0.3) is 11.1 Å². The fourth-order valence-corrected chi connectivity index (χ4v) is 3.23. The third-order valence-corrected chi connectivity index (χ3v) is 4.45. The molecule has 2 aromatic carbocycles. The Morgan fingerprint density at radius 3 is 2.15 bits per heavy atom. The average molecular weight is 263 g/mol. The fourth-order valence-electron chi connectivity index (χ4n) is 3.23. The van der Waals surface area contributed by atoms with E-state index >= 15 is 0 Å². The standard InChI is InChI=1S/C20H23/c1-2-11-19(12-3-1)20-15-13-18(14-16-20)10-6-9-17-7-4-5-8-17/h1-3,10-17H,4-9H2. The number of rotatable bonds is 5. The fraction of sp³-hybridized carbons (Fsp3) is 0.350. The first-order valence-corrected chi connectivity index (χ1v) is 7.90. The van der Waals surface area contributed by atoms with Gasteiger partial charge >= 0.3 is 0 Å². The maximum Gasteiger partial charge on any atom is -0.00930 e. The van der Waals surface area contributed by atoms with E-state index in [9.17, 15) is 0 Å². The van der Waals surface area contributed by atoms with Crippen molar-refractivity contribution >= 4 is 0 Å². The minimum atomic E-state index is 0.995. The van der Waals surface area contributed by atoms with Crippen molar-refractivity contribution in [3.05, 3.63) is 66.6 Å². The van der Waals surface area contributed by atoms with E-state index in [0.717, 1.165) is 5.92 Å². The Balaban J connectivity index is 1.53. The van der Waals surface area contributed by atoms with E-state index < -0.39 is 0 Å². The molecule has 103 valence electrons. The number of hydrogen-bond acceptors (Lipinski definition) is 0. The Morgan fingerprint density at radius 1 is 0.800 bits per heavy atom. The second kappa shape index (κ2) is 6.74. The molecule has 0 N–H and O–H groups in total. The Bertz CT molecular complexity index is 503. The summed E-state index contributed by atoms with van der Waals surface area (Å²) in [7, 11) is 0. The van der Waals surface area contributed by atoms with E-state index in [1.165, 1.54) is 55.2 Å². The maximum absolute atomic E-state index is 2.40. The van der Waals surface area contributed by atoms with Gasteiger partial charge in [-0.1, -0.05) is 80.3 Å². The normalized spacial score (nSPS) is 15.6. The number of benzene rings is 2. The van der Waals surface area contributed by atoms with Gasteiger partial charge in [0, 0.05) is 0 Å². The third kappa shape index (κ3) is 3.50. The second-order valence-electron chi connectivity index (χ2n) is 5.92. The average Bonchev–Trinajstić information content (AvgIpc) is 3.02. The van der Waals surface area contributed by atoms with Gasteiger partial charge in [0.15, 0.2) is 0 Å². The summed E-state index contributed by atoms with van der Waals surface area (Å²) in [6.45, 7) is 0. The van der Waals surface area contributed by atoms with E-state index in [-0.39, 0.29) is 0 Å². The van der Waals surface area contributed by atoms with E-state index in [0.29, 0.717) is 0 Å². The summed E-state index contributed by atoms with van der Waals surface area (Å²) in [5.41, 5.74) is 3.96. The smallest absolute Gasteiger partial charge is 0.00930 e. The minimum absolute atomic E-state index is 0.995. The summed E-state index contributed by atoms with van der Waals surface area (Å²) >= 11 is 0. The van der Waals surface area contributed by atoms with E-state index in [4.69, 9.17) is 0 Å². The molecule has 0 bridgehead atoms. The Labute approximate surface area is 122 Å². The van der Waals surface area contributed by atoms with Gasteiger partial charge in [0.2, 0.25) is 0 Å². The molecule has 0 atom stereocenters. The Kier molecular flexibility index (Phi) is 4.53. The third-order valence-electron chi connectivity index (χ3n) is 4.45. The lowest BCUT2D eigenvalue weighted by atomic mass is 9.97. The summed E-state index contributed by atoms with van der Waals surface area (Å²) in [5.74, 6) is 0.995. The van der Waals surface area contributed by atoms with Crippen molar-refractivity contribution in [1.82, 2.24) is 0 Å². The molecule has 0 aromatic heterocycles. The van der Waals surface area contributed by atoms with Crippen LogP contribution in [0, 0.1) is 12.3 Å². The summed E-state index contributed by atoms with van der Waals surface area (Å²) in [6.07, 6.45) is 10.8. The van der Waals surface area contributed by atoms with E-state index in [2.05, 4.69) is 61.0 Å². The zero-order valence-electron chi connectivity index (χ0n) is 12.1. The van der Waals surface area contributed by atoms with Crippen LogP contribution in [0.4, 0.5) is 0 Å². The highest BCUT2D eigenvalue weighted by Crippen LogP contribution is 2.29. The van der Waals surface area contributed by atoms with Crippen LogP contribution in [-0.4, -0.2) is 0 Å². The molecule has 20 heavy (non-hydrogen) atoms. The van der Waals surface area contributed by atoms with Crippen LogP contribution in [-0.2, 0) is 0 Å². The van der Waals surface area contributed by atoms with Gasteiger partial charge in [-0.05, 0) is 41.9 Å².